The first-order valence-corrected chi connectivity index (χ1v) is 5.88. The lowest BCUT2D eigenvalue weighted by Gasteiger charge is -2.09. The molecule has 0 saturated heterocycles. The predicted molar refractivity (Wildman–Crippen MR) is 62.0 cm³/mol. The molecule has 0 aromatic rings. The number of allylic oxidation sites excluding steroid dienone is 2. The van der Waals surface area contributed by atoms with Gasteiger partial charge in [-0.3, -0.25) is 0 Å². The van der Waals surface area contributed by atoms with E-state index in [9.17, 15) is 0 Å². The quantitative estimate of drug-likeness (QED) is 0.489. The van der Waals surface area contributed by atoms with Crippen LogP contribution in [-0.2, 0) is 0 Å². The average molecular weight is 182 g/mol. The van der Waals surface area contributed by atoms with Gasteiger partial charge in [-0.2, -0.15) is 0 Å². The Morgan fingerprint density at radius 3 is 2.38 bits per heavy atom. The largest absolute Gasteiger partial charge is 0.0885 e. The summed E-state index contributed by atoms with van der Waals surface area (Å²) in [5, 5.41) is 0. The van der Waals surface area contributed by atoms with Gasteiger partial charge in [-0.05, 0) is 32.1 Å². The maximum absolute atomic E-state index is 2.36. The topological polar surface area (TPSA) is 0 Å². The van der Waals surface area contributed by atoms with Crippen LogP contribution >= 0.6 is 0 Å². The van der Waals surface area contributed by atoms with Crippen molar-refractivity contribution < 1.29 is 0 Å². The standard InChI is InChI=1S/C13H26/c1-5-9-13(7-3)11-8-10-12(4)6-2/h7,12H,5-6,8-11H2,1-4H3/b13-7+. The van der Waals surface area contributed by atoms with Crippen molar-refractivity contribution in [2.75, 3.05) is 0 Å². The molecule has 78 valence electrons. The molecule has 13 heavy (non-hydrogen) atoms. The van der Waals surface area contributed by atoms with E-state index in [4.69, 9.17) is 0 Å². The SMILES string of the molecule is C/C=C(\CCC)CCCC(C)CC. The molecule has 0 aromatic carbocycles. The molecule has 0 fully saturated rings. The van der Waals surface area contributed by atoms with Gasteiger partial charge >= 0.3 is 0 Å². The second-order valence-electron chi connectivity index (χ2n) is 4.10. The van der Waals surface area contributed by atoms with Crippen molar-refractivity contribution in [3.63, 3.8) is 0 Å². The number of rotatable bonds is 7. The van der Waals surface area contributed by atoms with Crippen LogP contribution in [0.25, 0.3) is 0 Å². The summed E-state index contributed by atoms with van der Waals surface area (Å²) in [6.45, 7) is 9.08. The average Bonchev–Trinajstić information content (AvgIpc) is 2.16. The summed E-state index contributed by atoms with van der Waals surface area (Å²) in [6, 6.07) is 0. The van der Waals surface area contributed by atoms with E-state index in [-0.39, 0.29) is 0 Å². The van der Waals surface area contributed by atoms with E-state index in [0.717, 1.165) is 5.92 Å². The van der Waals surface area contributed by atoms with Crippen LogP contribution < -0.4 is 0 Å². The molecule has 0 amide bonds. The van der Waals surface area contributed by atoms with Crippen molar-refractivity contribution in [3.05, 3.63) is 11.6 Å². The van der Waals surface area contributed by atoms with Crippen LogP contribution in [0, 0.1) is 5.92 Å². The zero-order chi connectivity index (χ0) is 10.1. The summed E-state index contributed by atoms with van der Waals surface area (Å²) < 4.78 is 0. The highest BCUT2D eigenvalue weighted by Gasteiger charge is 2.00. The summed E-state index contributed by atoms with van der Waals surface area (Å²) >= 11 is 0. The first kappa shape index (κ1) is 12.7. The van der Waals surface area contributed by atoms with Crippen molar-refractivity contribution in [3.8, 4) is 0 Å². The Bertz CT molecular complexity index is 133. The Kier molecular flexibility index (Phi) is 8.18. The van der Waals surface area contributed by atoms with Gasteiger partial charge in [0.05, 0.1) is 0 Å². The lowest BCUT2D eigenvalue weighted by Crippen LogP contribution is -1.92. The minimum Gasteiger partial charge on any atom is -0.0885 e. The fourth-order valence-corrected chi connectivity index (χ4v) is 1.62. The van der Waals surface area contributed by atoms with Gasteiger partial charge in [0.2, 0.25) is 0 Å². The minimum atomic E-state index is 0.916. The molecule has 0 heteroatoms. The summed E-state index contributed by atoms with van der Waals surface area (Å²) in [5.41, 5.74) is 1.66. The molecule has 0 saturated carbocycles. The highest BCUT2D eigenvalue weighted by molar-refractivity contribution is 4.99. The molecule has 0 aliphatic heterocycles. The lowest BCUT2D eigenvalue weighted by molar-refractivity contribution is 0.493. The molecule has 0 radical (unpaired) electrons. The molecule has 0 bridgehead atoms. The van der Waals surface area contributed by atoms with Crippen molar-refractivity contribution in [1.29, 1.82) is 0 Å². The minimum absolute atomic E-state index is 0.916. The number of hydrogen-bond acceptors (Lipinski definition) is 0. The van der Waals surface area contributed by atoms with Gasteiger partial charge < -0.3 is 0 Å². The number of hydrogen-bond donors (Lipinski definition) is 0. The monoisotopic (exact) mass is 182 g/mol. The Balaban J connectivity index is 3.50. The summed E-state index contributed by atoms with van der Waals surface area (Å²) in [7, 11) is 0. The fourth-order valence-electron chi connectivity index (χ4n) is 1.62. The van der Waals surface area contributed by atoms with Crippen molar-refractivity contribution >= 4 is 0 Å². The lowest BCUT2D eigenvalue weighted by atomic mass is 9.97. The van der Waals surface area contributed by atoms with E-state index in [0.29, 0.717) is 0 Å². The van der Waals surface area contributed by atoms with Gasteiger partial charge in [0, 0.05) is 0 Å². The molecule has 0 rings (SSSR count). The zero-order valence-corrected chi connectivity index (χ0v) is 9.90. The van der Waals surface area contributed by atoms with Crippen LogP contribution in [0.4, 0.5) is 0 Å². The van der Waals surface area contributed by atoms with Crippen LogP contribution in [0.15, 0.2) is 11.6 Å². The molecule has 0 nitrogen and oxygen atoms in total. The van der Waals surface area contributed by atoms with Crippen molar-refractivity contribution in [1.82, 2.24) is 0 Å². The first-order chi connectivity index (χ1) is 6.24. The molecule has 0 spiro atoms. The molecule has 0 N–H and O–H groups in total. The molecule has 0 aliphatic carbocycles. The van der Waals surface area contributed by atoms with E-state index in [1.54, 1.807) is 5.57 Å². The Labute approximate surface area is 84.4 Å². The molecular weight excluding hydrogens is 156 g/mol. The van der Waals surface area contributed by atoms with Gasteiger partial charge in [0.25, 0.3) is 0 Å². The second-order valence-corrected chi connectivity index (χ2v) is 4.10. The third-order valence-corrected chi connectivity index (χ3v) is 2.87. The molecular formula is C13H26. The van der Waals surface area contributed by atoms with Crippen molar-refractivity contribution in [2.45, 2.75) is 66.2 Å². The van der Waals surface area contributed by atoms with Gasteiger partial charge in [-0.1, -0.05) is 51.7 Å². The Morgan fingerprint density at radius 2 is 1.92 bits per heavy atom. The highest BCUT2D eigenvalue weighted by Crippen LogP contribution is 2.17. The third kappa shape index (κ3) is 6.86. The fraction of sp³-hybridized carbons (Fsp3) is 0.846. The molecule has 0 aliphatic rings. The van der Waals surface area contributed by atoms with Gasteiger partial charge in [0.1, 0.15) is 0 Å². The summed E-state index contributed by atoms with van der Waals surface area (Å²) in [6.07, 6.45) is 10.3. The van der Waals surface area contributed by atoms with Gasteiger partial charge in [-0.15, -0.1) is 0 Å². The summed E-state index contributed by atoms with van der Waals surface area (Å²) in [4.78, 5) is 0. The maximum Gasteiger partial charge on any atom is -0.0320 e. The highest BCUT2D eigenvalue weighted by atomic mass is 14.1. The van der Waals surface area contributed by atoms with Crippen LogP contribution in [0.5, 0.6) is 0 Å². The Morgan fingerprint density at radius 1 is 1.23 bits per heavy atom. The first-order valence-electron chi connectivity index (χ1n) is 5.88. The third-order valence-electron chi connectivity index (χ3n) is 2.87. The molecule has 1 atom stereocenters. The second kappa shape index (κ2) is 8.34. The van der Waals surface area contributed by atoms with E-state index in [1.165, 1.54) is 38.5 Å². The maximum atomic E-state index is 2.36. The molecule has 0 aromatic heterocycles. The zero-order valence-electron chi connectivity index (χ0n) is 9.90. The van der Waals surface area contributed by atoms with E-state index in [1.807, 2.05) is 0 Å². The van der Waals surface area contributed by atoms with Gasteiger partial charge in [0.15, 0.2) is 0 Å². The van der Waals surface area contributed by atoms with E-state index < -0.39 is 0 Å². The van der Waals surface area contributed by atoms with Crippen LogP contribution in [0.2, 0.25) is 0 Å². The van der Waals surface area contributed by atoms with E-state index in [2.05, 4.69) is 33.8 Å². The van der Waals surface area contributed by atoms with E-state index >= 15 is 0 Å². The normalized spacial score (nSPS) is 14.6. The predicted octanol–water partition coefficient (Wildman–Crippen LogP) is 4.95. The van der Waals surface area contributed by atoms with Crippen LogP contribution in [0.3, 0.4) is 0 Å². The van der Waals surface area contributed by atoms with Crippen LogP contribution in [0.1, 0.15) is 66.2 Å². The van der Waals surface area contributed by atoms with Gasteiger partial charge in [-0.25, -0.2) is 0 Å². The smallest absolute Gasteiger partial charge is 0.0320 e. The Hall–Kier alpha value is -0.260. The van der Waals surface area contributed by atoms with Crippen LogP contribution in [-0.4, -0.2) is 0 Å². The molecule has 0 heterocycles. The molecule has 1 unspecified atom stereocenters. The summed E-state index contributed by atoms with van der Waals surface area (Å²) in [5.74, 6) is 0.916. The van der Waals surface area contributed by atoms with Crippen molar-refractivity contribution in [2.24, 2.45) is 5.92 Å².